The minimum Gasteiger partial charge on any atom is -0.430 e. The van der Waals surface area contributed by atoms with Crippen molar-refractivity contribution in [3.63, 3.8) is 0 Å². The minimum absolute atomic E-state index is 0.0978. The van der Waals surface area contributed by atoms with Crippen molar-refractivity contribution in [3.8, 4) is 0 Å². The summed E-state index contributed by atoms with van der Waals surface area (Å²) in [5.41, 5.74) is 0. The van der Waals surface area contributed by atoms with Crippen LogP contribution in [0.25, 0.3) is 0 Å². The number of methoxy groups -OCH3 is 1. The highest BCUT2D eigenvalue weighted by molar-refractivity contribution is 5.81. The van der Waals surface area contributed by atoms with Crippen LogP contribution in [-0.4, -0.2) is 102 Å². The molecule has 0 aromatic carbocycles. The molecule has 0 aliphatic heterocycles. The first-order valence-corrected chi connectivity index (χ1v) is 10.8. The summed E-state index contributed by atoms with van der Waals surface area (Å²) in [5, 5.41) is 9.37. The van der Waals surface area contributed by atoms with E-state index >= 15 is 0 Å². The molecular formula is C19H11F25O4. The standard InChI is InChI=1S/C19H11F25O4/c1-3-6(46)48-7(47-2)5(45)4-8(20,21)9(22,23)10(24,25)11(26,27)12(28,29)13(30,31)14(32,33)15(34,35)16(36,37)17(38,39)18(40,41)19(42,43)44/h3,5,7,45H,1,4H2,2H3. The van der Waals surface area contributed by atoms with E-state index in [0.717, 1.165) is 0 Å². The second kappa shape index (κ2) is 12.3. The molecule has 0 saturated heterocycles. The largest absolute Gasteiger partial charge is 0.460 e. The van der Waals surface area contributed by atoms with Crippen molar-refractivity contribution >= 4 is 5.97 Å². The van der Waals surface area contributed by atoms with E-state index in [0.29, 0.717) is 0 Å². The number of alkyl halides is 25. The molecule has 0 aliphatic rings. The van der Waals surface area contributed by atoms with Crippen LogP contribution < -0.4 is 0 Å². The molecule has 0 radical (unpaired) electrons. The first-order valence-electron chi connectivity index (χ1n) is 10.8. The molecule has 2 unspecified atom stereocenters. The fourth-order valence-electron chi connectivity index (χ4n) is 2.92. The number of carbonyl (C=O) groups excluding carboxylic acids is 1. The third-order valence-corrected chi connectivity index (χ3v) is 5.78. The molecule has 0 fully saturated rings. The summed E-state index contributed by atoms with van der Waals surface area (Å²) < 4.78 is 345. The van der Waals surface area contributed by atoms with Crippen LogP contribution in [0, 0.1) is 0 Å². The zero-order valence-electron chi connectivity index (χ0n) is 21.8. The Hall–Kier alpha value is -2.62. The first kappa shape index (κ1) is 45.4. The summed E-state index contributed by atoms with van der Waals surface area (Å²) in [6, 6.07) is 0. The molecule has 0 aromatic heterocycles. The zero-order chi connectivity index (χ0) is 39.6. The lowest BCUT2D eigenvalue weighted by atomic mass is 9.84. The number of hydrogen-bond donors (Lipinski definition) is 1. The van der Waals surface area contributed by atoms with Gasteiger partial charge in [-0.25, -0.2) is 4.79 Å². The van der Waals surface area contributed by atoms with Crippen molar-refractivity contribution in [2.45, 2.75) is 90.1 Å². The van der Waals surface area contributed by atoms with E-state index in [1.54, 1.807) is 0 Å². The predicted octanol–water partition coefficient (Wildman–Crippen LogP) is 7.99. The summed E-state index contributed by atoms with van der Waals surface area (Å²) >= 11 is 0. The van der Waals surface area contributed by atoms with E-state index in [-0.39, 0.29) is 13.2 Å². The molecule has 0 spiro atoms. The fraction of sp³-hybridized carbons (Fsp3) is 0.842. The van der Waals surface area contributed by atoms with Gasteiger partial charge in [-0.05, 0) is 0 Å². The lowest BCUT2D eigenvalue weighted by molar-refractivity contribution is -0.482. The van der Waals surface area contributed by atoms with Crippen molar-refractivity contribution < 1.29 is 129 Å². The van der Waals surface area contributed by atoms with Crippen LogP contribution in [-0.2, 0) is 14.3 Å². The summed E-state index contributed by atoms with van der Waals surface area (Å²) in [7, 11) is 0.242. The van der Waals surface area contributed by atoms with Gasteiger partial charge in [-0.2, -0.15) is 110 Å². The molecule has 2 atom stereocenters. The van der Waals surface area contributed by atoms with Crippen LogP contribution in [0.1, 0.15) is 6.42 Å². The third kappa shape index (κ3) is 6.06. The second-order valence-electron chi connectivity index (χ2n) is 8.96. The maximum Gasteiger partial charge on any atom is 0.460 e. The number of hydrogen-bond acceptors (Lipinski definition) is 4. The summed E-state index contributed by atoms with van der Waals surface area (Å²) in [6.45, 7) is 2.65. The summed E-state index contributed by atoms with van der Waals surface area (Å²) in [4.78, 5) is 11.0. The normalized spacial score (nSPS) is 17.2. The van der Waals surface area contributed by atoms with Crippen molar-refractivity contribution in [2.75, 3.05) is 7.11 Å². The van der Waals surface area contributed by atoms with Gasteiger partial charge in [0.1, 0.15) is 6.10 Å². The van der Waals surface area contributed by atoms with Gasteiger partial charge in [0.05, 0.1) is 0 Å². The SMILES string of the molecule is C=CC(=O)OC(OC)C(O)CC(F)(F)C(F)(F)C(F)(F)C(F)(F)C(F)(F)C(F)(F)C(F)(F)C(F)(F)C(F)(F)C(F)(F)C(F)(F)C(F)(F)F. The number of esters is 1. The summed E-state index contributed by atoms with van der Waals surface area (Å²) in [6.07, 6.45) is -18.3. The van der Waals surface area contributed by atoms with Gasteiger partial charge in [-0.1, -0.05) is 6.58 Å². The average Bonchev–Trinajstić information content (AvgIpc) is 2.89. The smallest absolute Gasteiger partial charge is 0.430 e. The molecule has 286 valence electrons. The van der Waals surface area contributed by atoms with Gasteiger partial charge in [-0.3, -0.25) is 0 Å². The van der Waals surface area contributed by atoms with Crippen LogP contribution in [0.4, 0.5) is 110 Å². The van der Waals surface area contributed by atoms with Gasteiger partial charge in [0.15, 0.2) is 0 Å². The molecule has 0 heterocycles. The lowest BCUT2D eigenvalue weighted by Crippen LogP contribution is -2.78. The van der Waals surface area contributed by atoms with E-state index in [4.69, 9.17) is 0 Å². The van der Waals surface area contributed by atoms with Gasteiger partial charge in [0.2, 0.25) is 6.29 Å². The van der Waals surface area contributed by atoms with E-state index < -0.39 is 96.1 Å². The van der Waals surface area contributed by atoms with Crippen LogP contribution in [0.5, 0.6) is 0 Å². The maximum atomic E-state index is 14.0. The summed E-state index contributed by atoms with van der Waals surface area (Å²) in [5.74, 6) is -102. The molecule has 48 heavy (non-hydrogen) atoms. The van der Waals surface area contributed by atoms with Gasteiger partial charge in [0, 0.05) is 19.6 Å². The maximum absolute atomic E-state index is 14.0. The van der Waals surface area contributed by atoms with Crippen LogP contribution in [0.3, 0.4) is 0 Å². The van der Waals surface area contributed by atoms with E-state index in [9.17, 15) is 120 Å². The van der Waals surface area contributed by atoms with Gasteiger partial charge in [-0.15, -0.1) is 0 Å². The molecule has 0 saturated carbocycles. The highest BCUT2D eigenvalue weighted by atomic mass is 19.4. The fourth-order valence-corrected chi connectivity index (χ4v) is 2.92. The van der Waals surface area contributed by atoms with Crippen molar-refractivity contribution in [2.24, 2.45) is 0 Å². The van der Waals surface area contributed by atoms with Crippen LogP contribution in [0.2, 0.25) is 0 Å². The number of carbonyl (C=O) groups is 1. The quantitative estimate of drug-likeness (QED) is 0.0748. The monoisotopic (exact) mass is 778 g/mol. The Morgan fingerprint density at radius 2 is 0.792 bits per heavy atom. The molecule has 0 rings (SSSR count). The Balaban J connectivity index is 7.21. The number of rotatable bonds is 16. The molecule has 29 heteroatoms. The van der Waals surface area contributed by atoms with Gasteiger partial charge >= 0.3 is 77.3 Å². The third-order valence-electron chi connectivity index (χ3n) is 5.78. The Morgan fingerprint density at radius 1 is 0.542 bits per heavy atom. The van der Waals surface area contributed by atoms with Gasteiger partial charge < -0.3 is 14.6 Å². The topological polar surface area (TPSA) is 55.8 Å². The van der Waals surface area contributed by atoms with Crippen molar-refractivity contribution in [1.29, 1.82) is 0 Å². The Bertz CT molecular complexity index is 1170. The molecular weight excluding hydrogens is 767 g/mol. The van der Waals surface area contributed by atoms with E-state index in [2.05, 4.69) is 16.1 Å². The van der Waals surface area contributed by atoms with Crippen molar-refractivity contribution in [3.05, 3.63) is 12.7 Å². The van der Waals surface area contributed by atoms with Crippen molar-refractivity contribution in [1.82, 2.24) is 0 Å². The first-order chi connectivity index (χ1) is 20.5. The highest BCUT2D eigenvalue weighted by Gasteiger charge is 2.99. The number of aliphatic hydroxyl groups is 1. The Kier molecular flexibility index (Phi) is 11.6. The molecule has 4 nitrogen and oxygen atoms in total. The lowest BCUT2D eigenvalue weighted by Gasteiger charge is -2.45. The Morgan fingerprint density at radius 3 is 1.02 bits per heavy atom. The average molecular weight is 778 g/mol. The molecule has 0 amide bonds. The number of aliphatic hydroxyl groups excluding tert-OH is 1. The zero-order valence-corrected chi connectivity index (χ0v) is 21.8. The molecule has 0 aliphatic carbocycles. The molecule has 0 bridgehead atoms. The molecule has 0 aromatic rings. The van der Waals surface area contributed by atoms with E-state index in [1.165, 1.54) is 0 Å². The van der Waals surface area contributed by atoms with E-state index in [1.807, 2.05) is 0 Å². The highest BCUT2D eigenvalue weighted by Crippen LogP contribution is 2.68. The predicted molar refractivity (Wildman–Crippen MR) is 98.2 cm³/mol. The minimum atomic E-state index is -9.69. The Labute approximate surface area is 246 Å². The molecule has 1 N–H and O–H groups in total. The van der Waals surface area contributed by atoms with Gasteiger partial charge in [0.25, 0.3) is 0 Å². The van der Waals surface area contributed by atoms with Crippen LogP contribution in [0.15, 0.2) is 12.7 Å². The van der Waals surface area contributed by atoms with Crippen LogP contribution >= 0.6 is 0 Å². The number of halogens is 25. The number of ether oxygens (including phenoxy) is 2. The second-order valence-corrected chi connectivity index (χ2v) is 8.96.